The van der Waals surface area contributed by atoms with E-state index < -0.39 is 0 Å². The minimum Gasteiger partial charge on any atom is -0.489 e. The van der Waals surface area contributed by atoms with Crippen LogP contribution < -0.4 is 24.4 Å². The second-order valence-electron chi connectivity index (χ2n) is 9.01. The number of anilines is 1. The average Bonchev–Trinajstić information content (AvgIpc) is 2.82. The zero-order chi connectivity index (χ0) is 21.3. The molecule has 2 aliphatic heterocycles. The SMILES string of the molecule is CC(=O)N[C@@H](C)c1ccc(OC2CN(c3ccc4c(c3)OCC(C)(C)CO4)C2)cc1. The van der Waals surface area contributed by atoms with E-state index in [9.17, 15) is 4.79 Å². The van der Waals surface area contributed by atoms with E-state index in [1.54, 1.807) is 0 Å². The monoisotopic (exact) mass is 410 g/mol. The van der Waals surface area contributed by atoms with Crippen LogP contribution in [0.2, 0.25) is 0 Å². The molecule has 0 saturated carbocycles. The summed E-state index contributed by atoms with van der Waals surface area (Å²) in [5.74, 6) is 2.44. The molecule has 0 aromatic heterocycles. The normalized spacial score (nSPS) is 18.7. The Morgan fingerprint density at radius 2 is 1.77 bits per heavy atom. The van der Waals surface area contributed by atoms with Crippen LogP contribution in [0.3, 0.4) is 0 Å². The lowest BCUT2D eigenvalue weighted by Gasteiger charge is -2.40. The van der Waals surface area contributed by atoms with E-state index in [0.29, 0.717) is 13.2 Å². The molecule has 6 heteroatoms. The van der Waals surface area contributed by atoms with Gasteiger partial charge in [-0.05, 0) is 36.8 Å². The lowest BCUT2D eigenvalue weighted by molar-refractivity contribution is -0.119. The van der Waals surface area contributed by atoms with Crippen LogP contribution in [0.25, 0.3) is 0 Å². The number of amides is 1. The van der Waals surface area contributed by atoms with Crippen LogP contribution in [0.1, 0.15) is 39.3 Å². The number of carbonyl (C=O) groups is 1. The van der Waals surface area contributed by atoms with Crippen molar-refractivity contribution in [2.24, 2.45) is 5.41 Å². The van der Waals surface area contributed by atoms with Crippen LogP contribution in [0, 0.1) is 5.41 Å². The molecule has 0 radical (unpaired) electrons. The first-order valence-corrected chi connectivity index (χ1v) is 10.5. The van der Waals surface area contributed by atoms with E-state index >= 15 is 0 Å². The summed E-state index contributed by atoms with van der Waals surface area (Å²) < 4.78 is 18.0. The molecule has 2 aromatic carbocycles. The number of benzene rings is 2. The van der Waals surface area contributed by atoms with Gasteiger partial charge in [-0.25, -0.2) is 0 Å². The molecule has 1 saturated heterocycles. The molecule has 0 bridgehead atoms. The van der Waals surface area contributed by atoms with Gasteiger partial charge in [0.05, 0.1) is 32.3 Å². The second-order valence-corrected chi connectivity index (χ2v) is 9.01. The highest BCUT2D eigenvalue weighted by Gasteiger charge is 2.30. The van der Waals surface area contributed by atoms with Crippen LogP contribution in [0.15, 0.2) is 42.5 Å². The van der Waals surface area contributed by atoms with Crippen LogP contribution in [-0.2, 0) is 4.79 Å². The molecule has 1 fully saturated rings. The third-order valence-electron chi connectivity index (χ3n) is 5.48. The smallest absolute Gasteiger partial charge is 0.217 e. The number of nitrogens with zero attached hydrogens (tertiary/aromatic N) is 1. The Morgan fingerprint density at radius 3 is 2.43 bits per heavy atom. The quantitative estimate of drug-likeness (QED) is 0.809. The van der Waals surface area contributed by atoms with Crippen molar-refractivity contribution in [3.05, 3.63) is 48.0 Å². The Kier molecular flexibility index (Phi) is 5.50. The minimum absolute atomic E-state index is 0.00431. The Bertz CT molecular complexity index is 904. The van der Waals surface area contributed by atoms with Gasteiger partial charge >= 0.3 is 0 Å². The van der Waals surface area contributed by atoms with Crippen molar-refractivity contribution in [1.29, 1.82) is 0 Å². The van der Waals surface area contributed by atoms with Gasteiger partial charge in [0.25, 0.3) is 0 Å². The number of fused-ring (bicyclic) bond motifs is 1. The summed E-state index contributed by atoms with van der Waals surface area (Å²) in [5, 5.41) is 2.89. The highest BCUT2D eigenvalue weighted by atomic mass is 16.5. The standard InChI is InChI=1S/C24H30N2O4/c1-16(25-17(2)27)18-5-8-20(9-6-18)30-21-12-26(13-21)19-7-10-22-23(11-19)29-15-24(3,4)14-28-22/h5-11,16,21H,12-15H2,1-4H3,(H,25,27)/t16-/m0/s1. The van der Waals surface area contributed by atoms with Crippen molar-refractivity contribution in [3.63, 3.8) is 0 Å². The predicted molar refractivity (Wildman–Crippen MR) is 117 cm³/mol. The maximum absolute atomic E-state index is 11.2. The number of hydrogen-bond donors (Lipinski definition) is 1. The number of hydrogen-bond acceptors (Lipinski definition) is 5. The number of rotatable bonds is 5. The van der Waals surface area contributed by atoms with E-state index in [1.165, 1.54) is 6.92 Å². The molecular weight excluding hydrogens is 380 g/mol. The van der Waals surface area contributed by atoms with Gasteiger partial charge in [0.2, 0.25) is 5.91 Å². The zero-order valence-electron chi connectivity index (χ0n) is 18.1. The Hall–Kier alpha value is -2.89. The van der Waals surface area contributed by atoms with Gasteiger partial charge in [0.15, 0.2) is 11.5 Å². The van der Waals surface area contributed by atoms with Gasteiger partial charge in [0, 0.05) is 24.1 Å². The average molecular weight is 411 g/mol. The minimum atomic E-state index is -0.0316. The van der Waals surface area contributed by atoms with Gasteiger partial charge in [-0.15, -0.1) is 0 Å². The Balaban J connectivity index is 1.31. The molecule has 6 nitrogen and oxygen atoms in total. The van der Waals surface area contributed by atoms with E-state index in [0.717, 1.165) is 41.6 Å². The van der Waals surface area contributed by atoms with E-state index in [1.807, 2.05) is 37.3 Å². The van der Waals surface area contributed by atoms with Gasteiger partial charge in [-0.3, -0.25) is 4.79 Å². The van der Waals surface area contributed by atoms with Crippen molar-refractivity contribution < 1.29 is 19.0 Å². The number of nitrogens with one attached hydrogen (secondary N) is 1. The largest absolute Gasteiger partial charge is 0.489 e. The Labute approximate surface area is 178 Å². The molecule has 160 valence electrons. The molecule has 1 N–H and O–H groups in total. The van der Waals surface area contributed by atoms with Gasteiger partial charge in [-0.1, -0.05) is 26.0 Å². The first-order valence-electron chi connectivity index (χ1n) is 10.5. The molecule has 0 aliphatic carbocycles. The molecule has 2 aromatic rings. The lowest BCUT2D eigenvalue weighted by Crippen LogP contribution is -2.54. The van der Waals surface area contributed by atoms with Crippen molar-refractivity contribution in [1.82, 2.24) is 5.32 Å². The summed E-state index contributed by atoms with van der Waals surface area (Å²) in [7, 11) is 0. The summed E-state index contributed by atoms with van der Waals surface area (Å²) in [5.41, 5.74) is 2.18. The maximum atomic E-state index is 11.2. The third-order valence-corrected chi connectivity index (χ3v) is 5.48. The molecule has 2 heterocycles. The molecule has 2 aliphatic rings. The first-order chi connectivity index (χ1) is 14.3. The third kappa shape index (κ3) is 4.64. The summed E-state index contributed by atoms with van der Waals surface area (Å²) in [6, 6.07) is 14.0. The molecule has 1 amide bonds. The van der Waals surface area contributed by atoms with Gasteiger partial charge in [0.1, 0.15) is 11.9 Å². The molecular formula is C24H30N2O4. The van der Waals surface area contributed by atoms with Crippen molar-refractivity contribution >= 4 is 11.6 Å². The highest BCUT2D eigenvalue weighted by molar-refractivity contribution is 5.73. The van der Waals surface area contributed by atoms with E-state index in [2.05, 4.69) is 36.2 Å². The molecule has 1 atom stereocenters. The highest BCUT2D eigenvalue weighted by Crippen LogP contribution is 2.37. The fraction of sp³-hybridized carbons (Fsp3) is 0.458. The fourth-order valence-corrected chi connectivity index (χ4v) is 3.65. The van der Waals surface area contributed by atoms with Crippen molar-refractivity contribution in [2.75, 3.05) is 31.2 Å². The zero-order valence-corrected chi connectivity index (χ0v) is 18.1. The molecule has 0 unspecified atom stereocenters. The Morgan fingerprint density at radius 1 is 1.10 bits per heavy atom. The van der Waals surface area contributed by atoms with Crippen molar-refractivity contribution in [3.8, 4) is 17.2 Å². The lowest BCUT2D eigenvalue weighted by atomic mass is 9.97. The summed E-state index contributed by atoms with van der Waals surface area (Å²) in [4.78, 5) is 13.5. The summed E-state index contributed by atoms with van der Waals surface area (Å²) in [6.07, 6.45) is 0.151. The topological polar surface area (TPSA) is 60.0 Å². The van der Waals surface area contributed by atoms with Crippen molar-refractivity contribution in [2.45, 2.75) is 39.8 Å². The van der Waals surface area contributed by atoms with Crippen LogP contribution in [0.4, 0.5) is 5.69 Å². The summed E-state index contributed by atoms with van der Waals surface area (Å²) >= 11 is 0. The van der Waals surface area contributed by atoms with Gasteiger partial charge in [-0.2, -0.15) is 0 Å². The number of ether oxygens (including phenoxy) is 3. The van der Waals surface area contributed by atoms with Crippen LogP contribution in [-0.4, -0.2) is 38.3 Å². The van der Waals surface area contributed by atoms with Crippen LogP contribution in [0.5, 0.6) is 17.2 Å². The predicted octanol–water partition coefficient (Wildman–Crippen LogP) is 3.95. The maximum Gasteiger partial charge on any atom is 0.217 e. The molecule has 30 heavy (non-hydrogen) atoms. The molecule has 4 rings (SSSR count). The van der Waals surface area contributed by atoms with Crippen LogP contribution >= 0.6 is 0 Å². The second kappa shape index (κ2) is 8.09. The van der Waals surface area contributed by atoms with E-state index in [-0.39, 0.29) is 23.5 Å². The van der Waals surface area contributed by atoms with Gasteiger partial charge < -0.3 is 24.4 Å². The molecule has 0 spiro atoms. The number of carbonyl (C=O) groups excluding carboxylic acids is 1. The first kappa shape index (κ1) is 20.4. The summed E-state index contributed by atoms with van der Waals surface area (Å²) in [6.45, 7) is 10.7. The fourth-order valence-electron chi connectivity index (χ4n) is 3.65. The van der Waals surface area contributed by atoms with E-state index in [4.69, 9.17) is 14.2 Å².